The Kier molecular flexibility index (Phi) is 6.56. The number of nitrogens with zero attached hydrogens (tertiary/aromatic N) is 2. The van der Waals surface area contributed by atoms with Crippen LogP contribution in [0, 0.1) is 0 Å². The lowest BCUT2D eigenvalue weighted by molar-refractivity contribution is -0.138. The van der Waals surface area contributed by atoms with E-state index in [4.69, 9.17) is 5.73 Å². The van der Waals surface area contributed by atoms with Crippen LogP contribution < -0.4 is 11.1 Å². The summed E-state index contributed by atoms with van der Waals surface area (Å²) in [6, 6.07) is 10.7. The summed E-state index contributed by atoms with van der Waals surface area (Å²) in [6.45, 7) is 3.60. The van der Waals surface area contributed by atoms with Gasteiger partial charge in [0.25, 0.3) is 5.91 Å². The number of nitrogens with one attached hydrogen (secondary N) is 1. The van der Waals surface area contributed by atoms with Gasteiger partial charge >= 0.3 is 6.18 Å². The standard InChI is InChI=1S/C21H25F3N4O/c1-27-7-9-28(10-8-27)14-17-6-5-16(12-19(17)21(22,23)24)20(29)26-18-4-2-3-15(11-18)13-25/h2-6,11-12H,7-10,13-14,25H2,1H3,(H,26,29). The van der Waals surface area contributed by atoms with E-state index in [0.717, 1.165) is 24.7 Å². The zero-order valence-corrected chi connectivity index (χ0v) is 16.3. The number of nitrogens with two attached hydrogens (primary N) is 1. The molecule has 0 atom stereocenters. The summed E-state index contributed by atoms with van der Waals surface area (Å²) < 4.78 is 41.0. The van der Waals surface area contributed by atoms with Crippen molar-refractivity contribution in [2.24, 2.45) is 5.73 Å². The molecule has 5 nitrogen and oxygen atoms in total. The minimum absolute atomic E-state index is 0.0300. The zero-order chi connectivity index (χ0) is 21.0. The summed E-state index contributed by atoms with van der Waals surface area (Å²) in [4.78, 5) is 16.7. The molecule has 0 bridgehead atoms. The highest BCUT2D eigenvalue weighted by Crippen LogP contribution is 2.33. The molecule has 0 radical (unpaired) electrons. The van der Waals surface area contributed by atoms with Gasteiger partial charge in [-0.25, -0.2) is 0 Å². The van der Waals surface area contributed by atoms with Crippen molar-refractivity contribution in [3.05, 3.63) is 64.7 Å². The lowest BCUT2D eigenvalue weighted by atomic mass is 10.0. The molecule has 3 N–H and O–H groups in total. The van der Waals surface area contributed by atoms with Crippen LogP contribution in [0.2, 0.25) is 0 Å². The van der Waals surface area contributed by atoms with E-state index in [9.17, 15) is 18.0 Å². The maximum Gasteiger partial charge on any atom is 0.416 e. The molecule has 8 heteroatoms. The van der Waals surface area contributed by atoms with E-state index in [2.05, 4.69) is 10.2 Å². The van der Waals surface area contributed by atoms with Crippen molar-refractivity contribution in [3.63, 3.8) is 0 Å². The lowest BCUT2D eigenvalue weighted by Gasteiger charge is -2.33. The third kappa shape index (κ3) is 5.56. The molecule has 29 heavy (non-hydrogen) atoms. The van der Waals surface area contributed by atoms with E-state index in [0.29, 0.717) is 25.3 Å². The van der Waals surface area contributed by atoms with Crippen LogP contribution in [0.5, 0.6) is 0 Å². The maximum atomic E-state index is 13.7. The van der Waals surface area contributed by atoms with Gasteiger partial charge in [0, 0.05) is 50.5 Å². The van der Waals surface area contributed by atoms with Crippen molar-refractivity contribution in [2.75, 3.05) is 38.5 Å². The van der Waals surface area contributed by atoms with Crippen LogP contribution in [-0.2, 0) is 19.3 Å². The Hall–Kier alpha value is -2.42. The summed E-state index contributed by atoms with van der Waals surface area (Å²) in [5.41, 5.74) is 6.29. The Bertz CT molecular complexity index is 861. The van der Waals surface area contributed by atoms with Crippen LogP contribution in [0.25, 0.3) is 0 Å². The molecule has 0 saturated carbocycles. The van der Waals surface area contributed by atoms with Gasteiger partial charge in [0.05, 0.1) is 5.56 Å². The van der Waals surface area contributed by atoms with Gasteiger partial charge < -0.3 is 16.0 Å². The molecular formula is C21H25F3N4O. The second-order valence-corrected chi connectivity index (χ2v) is 7.31. The van der Waals surface area contributed by atoms with Gasteiger partial charge in [-0.05, 0) is 42.4 Å². The first kappa shape index (κ1) is 21.3. The molecule has 1 heterocycles. The van der Waals surface area contributed by atoms with Crippen molar-refractivity contribution < 1.29 is 18.0 Å². The highest BCUT2D eigenvalue weighted by molar-refractivity contribution is 6.04. The zero-order valence-electron chi connectivity index (χ0n) is 16.3. The first-order valence-corrected chi connectivity index (χ1v) is 9.47. The molecule has 1 amide bonds. The van der Waals surface area contributed by atoms with Gasteiger partial charge in [-0.2, -0.15) is 13.2 Å². The number of hydrogen-bond acceptors (Lipinski definition) is 4. The predicted octanol–water partition coefficient (Wildman–Crippen LogP) is 3.16. The molecule has 1 aliphatic heterocycles. The summed E-state index contributed by atoms with van der Waals surface area (Å²) in [5, 5.41) is 2.64. The van der Waals surface area contributed by atoms with E-state index in [1.807, 2.05) is 18.0 Å². The lowest BCUT2D eigenvalue weighted by Crippen LogP contribution is -2.44. The Morgan fingerprint density at radius 1 is 1.10 bits per heavy atom. The fourth-order valence-corrected chi connectivity index (χ4v) is 3.35. The summed E-state index contributed by atoms with van der Waals surface area (Å²) in [7, 11) is 2.00. The van der Waals surface area contributed by atoms with Gasteiger partial charge in [-0.15, -0.1) is 0 Å². The average molecular weight is 406 g/mol. The second-order valence-electron chi connectivity index (χ2n) is 7.31. The van der Waals surface area contributed by atoms with Crippen molar-refractivity contribution >= 4 is 11.6 Å². The van der Waals surface area contributed by atoms with Crippen molar-refractivity contribution in [2.45, 2.75) is 19.3 Å². The molecule has 3 rings (SSSR count). The molecule has 1 saturated heterocycles. The maximum absolute atomic E-state index is 13.7. The van der Waals surface area contributed by atoms with E-state index in [1.165, 1.54) is 12.1 Å². The minimum Gasteiger partial charge on any atom is -0.326 e. The Labute approximate surface area is 168 Å². The molecule has 1 aliphatic rings. The monoisotopic (exact) mass is 406 g/mol. The Morgan fingerprint density at radius 3 is 2.48 bits per heavy atom. The molecule has 0 spiro atoms. The topological polar surface area (TPSA) is 61.6 Å². The fourth-order valence-electron chi connectivity index (χ4n) is 3.35. The van der Waals surface area contributed by atoms with Gasteiger partial charge in [-0.3, -0.25) is 9.69 Å². The van der Waals surface area contributed by atoms with E-state index in [-0.39, 0.29) is 17.7 Å². The van der Waals surface area contributed by atoms with Gasteiger partial charge in [0.2, 0.25) is 0 Å². The Balaban J connectivity index is 1.80. The summed E-state index contributed by atoms with van der Waals surface area (Å²) >= 11 is 0. The molecule has 0 aromatic heterocycles. The first-order chi connectivity index (χ1) is 13.8. The number of rotatable bonds is 5. The normalized spacial score (nSPS) is 16.0. The van der Waals surface area contributed by atoms with Crippen LogP contribution in [0.4, 0.5) is 18.9 Å². The fraction of sp³-hybridized carbons (Fsp3) is 0.381. The van der Waals surface area contributed by atoms with Crippen molar-refractivity contribution in [1.29, 1.82) is 0 Å². The summed E-state index contributed by atoms with van der Waals surface area (Å²) in [6.07, 6.45) is -4.53. The van der Waals surface area contributed by atoms with Gasteiger partial charge in [0.15, 0.2) is 0 Å². The first-order valence-electron chi connectivity index (χ1n) is 9.47. The van der Waals surface area contributed by atoms with Crippen LogP contribution in [0.1, 0.15) is 27.0 Å². The smallest absolute Gasteiger partial charge is 0.326 e. The Morgan fingerprint density at radius 2 is 1.83 bits per heavy atom. The summed E-state index contributed by atoms with van der Waals surface area (Å²) in [5.74, 6) is -0.587. The predicted molar refractivity (Wildman–Crippen MR) is 107 cm³/mol. The third-order valence-electron chi connectivity index (χ3n) is 5.09. The third-order valence-corrected chi connectivity index (χ3v) is 5.09. The number of carbonyl (C=O) groups is 1. The number of alkyl halides is 3. The van der Waals surface area contributed by atoms with E-state index in [1.54, 1.807) is 18.2 Å². The van der Waals surface area contributed by atoms with E-state index < -0.39 is 17.6 Å². The second kappa shape index (κ2) is 8.94. The van der Waals surface area contributed by atoms with Crippen LogP contribution in [0.15, 0.2) is 42.5 Å². The average Bonchev–Trinajstić information content (AvgIpc) is 2.69. The van der Waals surface area contributed by atoms with Crippen LogP contribution in [0.3, 0.4) is 0 Å². The highest BCUT2D eigenvalue weighted by atomic mass is 19.4. The minimum atomic E-state index is -4.53. The van der Waals surface area contributed by atoms with Gasteiger partial charge in [0.1, 0.15) is 0 Å². The number of benzene rings is 2. The molecule has 0 aliphatic carbocycles. The number of carbonyl (C=O) groups excluding carboxylic acids is 1. The number of amides is 1. The molecule has 2 aromatic carbocycles. The molecule has 156 valence electrons. The van der Waals surface area contributed by atoms with E-state index >= 15 is 0 Å². The molecule has 2 aromatic rings. The molecular weight excluding hydrogens is 381 g/mol. The number of anilines is 1. The number of piperazine rings is 1. The SMILES string of the molecule is CN1CCN(Cc2ccc(C(=O)Nc3cccc(CN)c3)cc2C(F)(F)F)CC1. The number of likely N-dealkylation sites (N-methyl/N-ethyl adjacent to an activating group) is 1. The van der Waals surface area contributed by atoms with Crippen molar-refractivity contribution in [3.8, 4) is 0 Å². The van der Waals surface area contributed by atoms with Crippen LogP contribution in [-0.4, -0.2) is 48.9 Å². The quantitative estimate of drug-likeness (QED) is 0.801. The van der Waals surface area contributed by atoms with Crippen LogP contribution >= 0.6 is 0 Å². The molecule has 1 fully saturated rings. The highest BCUT2D eigenvalue weighted by Gasteiger charge is 2.34. The van der Waals surface area contributed by atoms with Crippen molar-refractivity contribution in [1.82, 2.24) is 9.80 Å². The molecule has 0 unspecified atom stereocenters. The number of hydrogen-bond donors (Lipinski definition) is 2. The largest absolute Gasteiger partial charge is 0.416 e. The number of halogens is 3. The van der Waals surface area contributed by atoms with Gasteiger partial charge in [-0.1, -0.05) is 18.2 Å².